The van der Waals surface area contributed by atoms with Crippen LogP contribution in [-0.4, -0.2) is 52.1 Å². The number of carbonyl (C=O) groups is 2. The van der Waals surface area contributed by atoms with Crippen molar-refractivity contribution < 1.29 is 18.9 Å². The van der Waals surface area contributed by atoms with Crippen molar-refractivity contribution >= 4 is 23.3 Å². The maximum absolute atomic E-state index is 12.9. The van der Waals surface area contributed by atoms with Crippen molar-refractivity contribution in [3.8, 4) is 0 Å². The maximum Gasteiger partial charge on any atom is 0.317 e. The average Bonchev–Trinajstić information content (AvgIpc) is 3.37. The van der Waals surface area contributed by atoms with Gasteiger partial charge in [0.05, 0.1) is 16.9 Å². The highest BCUT2D eigenvalue weighted by Gasteiger charge is 2.35. The summed E-state index contributed by atoms with van der Waals surface area (Å²) in [6, 6.07) is 8.62. The van der Waals surface area contributed by atoms with Crippen molar-refractivity contribution in [1.29, 1.82) is 0 Å². The van der Waals surface area contributed by atoms with Crippen LogP contribution >= 0.6 is 0 Å². The smallest absolute Gasteiger partial charge is 0.317 e. The molecule has 30 heavy (non-hydrogen) atoms. The first-order valence-electron chi connectivity index (χ1n) is 9.45. The molecule has 158 valence electrons. The van der Waals surface area contributed by atoms with Crippen molar-refractivity contribution in [2.75, 3.05) is 13.6 Å². The van der Waals surface area contributed by atoms with Crippen LogP contribution in [0.5, 0.6) is 0 Å². The van der Waals surface area contributed by atoms with Gasteiger partial charge < -0.3 is 14.6 Å². The van der Waals surface area contributed by atoms with Gasteiger partial charge in [-0.1, -0.05) is 0 Å². The lowest BCUT2D eigenvalue weighted by Gasteiger charge is -2.24. The number of nitrogens with one attached hydrogen (secondary N) is 1. The average molecular weight is 413 g/mol. The third-order valence-electron chi connectivity index (χ3n) is 4.58. The largest absolute Gasteiger partial charge is 0.467 e. The molecule has 10 nitrogen and oxygen atoms in total. The van der Waals surface area contributed by atoms with Gasteiger partial charge in [0.1, 0.15) is 18.3 Å². The first kappa shape index (κ1) is 21.0. The van der Waals surface area contributed by atoms with Crippen LogP contribution in [-0.2, 0) is 4.79 Å². The summed E-state index contributed by atoms with van der Waals surface area (Å²) in [6.07, 6.45) is 1.91. The second-order valence-electron chi connectivity index (χ2n) is 7.28. The Hall–Kier alpha value is -3.69. The molecule has 3 amide bonds. The minimum absolute atomic E-state index is 0.0225. The number of hydrogen-bond donors (Lipinski definition) is 1. The Morgan fingerprint density at radius 2 is 2.03 bits per heavy atom. The number of nitrogens with zero attached hydrogens (tertiary/aromatic N) is 4. The molecule has 10 heteroatoms. The predicted octanol–water partition coefficient (Wildman–Crippen LogP) is 2.92. The van der Waals surface area contributed by atoms with E-state index in [9.17, 15) is 19.7 Å². The molecule has 0 bridgehead atoms. The van der Waals surface area contributed by atoms with E-state index in [1.54, 1.807) is 24.3 Å². The van der Waals surface area contributed by atoms with Crippen molar-refractivity contribution in [3.63, 3.8) is 0 Å². The van der Waals surface area contributed by atoms with Gasteiger partial charge in [0.15, 0.2) is 0 Å². The lowest BCUT2D eigenvalue weighted by atomic mass is 10.0. The van der Waals surface area contributed by atoms with Gasteiger partial charge in [-0.05, 0) is 43.7 Å². The number of nitro groups is 1. The van der Waals surface area contributed by atoms with E-state index in [1.165, 1.54) is 35.4 Å². The number of nitro benzene ring substituents is 1. The lowest BCUT2D eigenvalue weighted by molar-refractivity contribution is -0.384. The molecule has 1 aliphatic heterocycles. The second kappa shape index (κ2) is 8.76. The maximum atomic E-state index is 12.9. The summed E-state index contributed by atoms with van der Waals surface area (Å²) in [5.74, 6) is 0.202. The third kappa shape index (κ3) is 4.65. The molecule has 0 saturated carbocycles. The van der Waals surface area contributed by atoms with E-state index in [4.69, 9.17) is 4.42 Å². The standard InChI is InChI=1S/C20H23N5O5/c1-13(2)21-20(27)23(3)12-19(26)24-17(18-5-4-10-30-18)11-16(22-24)14-6-8-15(9-7-14)25(28)29/h4-10,13,17H,11-12H2,1-3H3,(H,21,27)/t17-/m1/s1. The van der Waals surface area contributed by atoms with Gasteiger partial charge in [-0.3, -0.25) is 14.9 Å². The molecule has 0 aliphatic carbocycles. The molecule has 2 aromatic rings. The third-order valence-corrected chi connectivity index (χ3v) is 4.58. The van der Waals surface area contributed by atoms with Crippen molar-refractivity contribution in [1.82, 2.24) is 15.2 Å². The molecule has 0 fully saturated rings. The summed E-state index contributed by atoms with van der Waals surface area (Å²) in [7, 11) is 1.54. The number of hydrogen-bond acceptors (Lipinski definition) is 6. The Morgan fingerprint density at radius 1 is 1.33 bits per heavy atom. The van der Waals surface area contributed by atoms with E-state index < -0.39 is 11.0 Å². The van der Waals surface area contributed by atoms with Crippen LogP contribution in [0, 0.1) is 10.1 Å². The quantitative estimate of drug-likeness (QED) is 0.576. The molecule has 2 heterocycles. The molecule has 1 aliphatic rings. The molecule has 1 N–H and O–H groups in total. The molecule has 3 rings (SSSR count). The zero-order chi connectivity index (χ0) is 21.8. The van der Waals surface area contributed by atoms with E-state index in [-0.39, 0.29) is 30.2 Å². The second-order valence-corrected chi connectivity index (χ2v) is 7.28. The van der Waals surface area contributed by atoms with Gasteiger partial charge in [0.2, 0.25) is 0 Å². The SMILES string of the molecule is CC(C)NC(=O)N(C)CC(=O)N1N=C(c2ccc([N+](=O)[O-])cc2)C[C@@H]1c1ccco1. The number of benzene rings is 1. The number of likely N-dealkylation sites (N-methyl/N-ethyl adjacent to an activating group) is 1. The summed E-state index contributed by atoms with van der Waals surface area (Å²) < 4.78 is 5.49. The molecule has 1 aromatic carbocycles. The predicted molar refractivity (Wildman–Crippen MR) is 109 cm³/mol. The van der Waals surface area contributed by atoms with Gasteiger partial charge in [0, 0.05) is 31.6 Å². The number of furan rings is 1. The minimum atomic E-state index is -0.472. The number of urea groups is 1. The molecule has 0 unspecified atom stereocenters. The zero-order valence-electron chi connectivity index (χ0n) is 16.9. The lowest BCUT2D eigenvalue weighted by Crippen LogP contribution is -2.45. The summed E-state index contributed by atoms with van der Waals surface area (Å²) in [5.41, 5.74) is 1.26. The Kier molecular flexibility index (Phi) is 6.14. The van der Waals surface area contributed by atoms with E-state index in [1.807, 2.05) is 13.8 Å². The van der Waals surface area contributed by atoms with Gasteiger partial charge in [-0.25, -0.2) is 9.80 Å². The van der Waals surface area contributed by atoms with E-state index in [0.29, 0.717) is 23.5 Å². The van der Waals surface area contributed by atoms with E-state index in [2.05, 4.69) is 10.4 Å². The fourth-order valence-corrected chi connectivity index (χ4v) is 3.10. The summed E-state index contributed by atoms with van der Waals surface area (Å²) in [5, 5.41) is 19.4. The molecule has 0 spiro atoms. The molecule has 1 atom stereocenters. The van der Waals surface area contributed by atoms with Gasteiger partial charge in [-0.15, -0.1) is 0 Å². The van der Waals surface area contributed by atoms with Crippen molar-refractivity contribution in [3.05, 3.63) is 64.1 Å². The molecule has 0 saturated heterocycles. The first-order valence-corrected chi connectivity index (χ1v) is 9.45. The van der Waals surface area contributed by atoms with Gasteiger partial charge >= 0.3 is 6.03 Å². The number of rotatable bonds is 6. The fraction of sp³-hybridized carbons (Fsp3) is 0.350. The van der Waals surface area contributed by atoms with Crippen LogP contribution in [0.15, 0.2) is 52.2 Å². The van der Waals surface area contributed by atoms with E-state index in [0.717, 1.165) is 0 Å². The normalized spacial score (nSPS) is 15.8. The summed E-state index contributed by atoms with van der Waals surface area (Å²) >= 11 is 0. The van der Waals surface area contributed by atoms with Crippen LogP contribution in [0.3, 0.4) is 0 Å². The van der Waals surface area contributed by atoms with Crippen molar-refractivity contribution in [2.45, 2.75) is 32.4 Å². The number of amides is 3. The monoisotopic (exact) mass is 413 g/mol. The van der Waals surface area contributed by atoms with Gasteiger partial charge in [0.25, 0.3) is 11.6 Å². The molecular weight excluding hydrogens is 390 g/mol. The Labute approximate surface area is 173 Å². The number of hydrazone groups is 1. The highest BCUT2D eigenvalue weighted by Crippen LogP contribution is 2.33. The van der Waals surface area contributed by atoms with Crippen LogP contribution in [0.1, 0.15) is 37.6 Å². The number of carbonyl (C=O) groups excluding carboxylic acids is 2. The molecule has 0 radical (unpaired) electrons. The Morgan fingerprint density at radius 3 is 2.60 bits per heavy atom. The Balaban J connectivity index is 1.82. The number of non-ortho nitro benzene ring substituents is 1. The zero-order valence-corrected chi connectivity index (χ0v) is 16.9. The summed E-state index contributed by atoms with van der Waals surface area (Å²) in [4.78, 5) is 36.8. The van der Waals surface area contributed by atoms with Crippen LogP contribution in [0.25, 0.3) is 0 Å². The van der Waals surface area contributed by atoms with Crippen LogP contribution in [0.4, 0.5) is 10.5 Å². The van der Waals surface area contributed by atoms with Crippen LogP contribution < -0.4 is 5.32 Å². The van der Waals surface area contributed by atoms with E-state index >= 15 is 0 Å². The molecular formula is C20H23N5O5. The van der Waals surface area contributed by atoms with Crippen LogP contribution in [0.2, 0.25) is 0 Å². The highest BCUT2D eigenvalue weighted by atomic mass is 16.6. The summed E-state index contributed by atoms with van der Waals surface area (Å²) in [6.45, 7) is 3.51. The first-order chi connectivity index (χ1) is 14.3. The Bertz CT molecular complexity index is 952. The topological polar surface area (TPSA) is 121 Å². The highest BCUT2D eigenvalue weighted by molar-refractivity contribution is 6.03. The molecule has 1 aromatic heterocycles. The fourth-order valence-electron chi connectivity index (χ4n) is 3.10. The van der Waals surface area contributed by atoms with Crippen molar-refractivity contribution in [2.24, 2.45) is 5.10 Å². The minimum Gasteiger partial charge on any atom is -0.467 e. The van der Waals surface area contributed by atoms with Gasteiger partial charge in [-0.2, -0.15) is 5.10 Å².